The monoisotopic (exact) mass is 302 g/mol. The molecule has 1 rings (SSSR count). The molecule has 0 radical (unpaired) electrons. The summed E-state index contributed by atoms with van der Waals surface area (Å²) in [5, 5.41) is 0. The van der Waals surface area contributed by atoms with Crippen LogP contribution in [0.25, 0.3) is 0 Å². The summed E-state index contributed by atoms with van der Waals surface area (Å²) in [6.45, 7) is 10.7. The maximum atomic E-state index is 11.7. The molecule has 1 aromatic rings. The molecule has 0 aliphatic rings. The molecule has 0 atom stereocenters. The average Bonchev–Trinajstić information content (AvgIpc) is 2.18. The highest BCUT2D eigenvalue weighted by molar-refractivity contribution is 9.10. The fourth-order valence-corrected chi connectivity index (χ4v) is 1.79. The van der Waals surface area contributed by atoms with Gasteiger partial charge in [-0.25, -0.2) is 4.79 Å². The molecule has 1 heterocycles. The third kappa shape index (κ3) is 3.92. The molecule has 0 N–H and O–H groups in total. The third-order valence-electron chi connectivity index (χ3n) is 2.38. The van der Waals surface area contributed by atoms with Gasteiger partial charge in [0, 0.05) is 5.69 Å². The molecule has 96 valence electrons. The van der Waals surface area contributed by atoms with Crippen LogP contribution in [0, 0.1) is 13.8 Å². The second kappa shape index (κ2) is 5.31. The van der Waals surface area contributed by atoms with Crippen molar-refractivity contribution in [3.05, 3.63) is 26.3 Å². The second-order valence-corrected chi connectivity index (χ2v) is 5.78. The summed E-state index contributed by atoms with van der Waals surface area (Å²) in [4.78, 5) is 15.7. The van der Waals surface area contributed by atoms with Gasteiger partial charge in [0.2, 0.25) is 0 Å². The van der Waals surface area contributed by atoms with Crippen molar-refractivity contribution in [3.8, 4) is 0 Å². The Kier molecular flexibility index (Phi) is 4.49. The first kappa shape index (κ1) is 14.4. The summed E-state index contributed by atoms with van der Waals surface area (Å²) in [5.74, 6) is 0. The Bertz CT molecular complexity index is 461. The summed E-state index contributed by atoms with van der Waals surface area (Å²) in [6.07, 6.45) is 0. The van der Waals surface area contributed by atoms with Crippen LogP contribution in [0.4, 0.5) is 0 Å². The largest absolute Gasteiger partial charge is 0.374 e. The topological polar surface area (TPSA) is 44.1 Å². The molecule has 0 aliphatic carbocycles. The van der Waals surface area contributed by atoms with Gasteiger partial charge < -0.3 is 4.74 Å². The minimum absolute atomic E-state index is 0.188. The predicted molar refractivity (Wildman–Crippen MR) is 71.4 cm³/mol. The van der Waals surface area contributed by atoms with Crippen molar-refractivity contribution < 1.29 is 4.74 Å². The maximum absolute atomic E-state index is 11.7. The van der Waals surface area contributed by atoms with Crippen LogP contribution in [-0.4, -0.2) is 21.8 Å². The van der Waals surface area contributed by atoms with E-state index in [1.807, 2.05) is 34.6 Å². The molecule has 1 aromatic heterocycles. The molecular weight excluding hydrogens is 284 g/mol. The standard InChI is InChI=1S/C12H19BrN2O2/c1-8-10(13)9(2)15(11(16)14-8)6-7-17-12(3,4)5/h6-7H2,1-5H3. The van der Waals surface area contributed by atoms with E-state index >= 15 is 0 Å². The van der Waals surface area contributed by atoms with Gasteiger partial charge in [-0.1, -0.05) is 0 Å². The Morgan fingerprint density at radius 2 is 1.94 bits per heavy atom. The molecule has 0 unspecified atom stereocenters. The average molecular weight is 303 g/mol. The summed E-state index contributed by atoms with van der Waals surface area (Å²) in [6, 6.07) is 0. The number of aromatic nitrogens is 2. The summed E-state index contributed by atoms with van der Waals surface area (Å²) in [5.41, 5.74) is 1.20. The van der Waals surface area contributed by atoms with Gasteiger partial charge in [0.05, 0.1) is 28.9 Å². The number of aryl methyl sites for hydroxylation is 1. The van der Waals surface area contributed by atoms with Crippen LogP contribution in [-0.2, 0) is 11.3 Å². The van der Waals surface area contributed by atoms with Crippen molar-refractivity contribution in [3.63, 3.8) is 0 Å². The molecule has 0 spiro atoms. The lowest BCUT2D eigenvalue weighted by Gasteiger charge is -2.20. The Hall–Kier alpha value is -0.680. The van der Waals surface area contributed by atoms with E-state index in [0.29, 0.717) is 13.2 Å². The molecule has 0 amide bonds. The van der Waals surface area contributed by atoms with Crippen LogP contribution >= 0.6 is 15.9 Å². The molecule has 0 aromatic carbocycles. The van der Waals surface area contributed by atoms with Crippen molar-refractivity contribution in [2.45, 2.75) is 46.8 Å². The first-order valence-corrected chi connectivity index (χ1v) is 6.39. The molecular formula is C12H19BrN2O2. The van der Waals surface area contributed by atoms with Gasteiger partial charge in [-0.2, -0.15) is 4.98 Å². The van der Waals surface area contributed by atoms with Crippen LogP contribution in [0.2, 0.25) is 0 Å². The lowest BCUT2D eigenvalue weighted by molar-refractivity contribution is -0.00746. The van der Waals surface area contributed by atoms with Gasteiger partial charge in [0.15, 0.2) is 0 Å². The smallest absolute Gasteiger partial charge is 0.348 e. The van der Waals surface area contributed by atoms with Crippen molar-refractivity contribution in [1.29, 1.82) is 0 Å². The zero-order valence-corrected chi connectivity index (χ0v) is 12.6. The van der Waals surface area contributed by atoms with Gasteiger partial charge in [-0.15, -0.1) is 0 Å². The lowest BCUT2D eigenvalue weighted by atomic mass is 10.2. The van der Waals surface area contributed by atoms with Gasteiger partial charge in [0.25, 0.3) is 0 Å². The van der Waals surface area contributed by atoms with E-state index in [4.69, 9.17) is 4.74 Å². The maximum Gasteiger partial charge on any atom is 0.348 e. The van der Waals surface area contributed by atoms with Gasteiger partial charge in [0.1, 0.15) is 0 Å². The molecule has 0 aliphatic heterocycles. The number of nitrogens with zero attached hydrogens (tertiary/aromatic N) is 2. The first-order valence-electron chi connectivity index (χ1n) is 5.60. The minimum Gasteiger partial charge on any atom is -0.374 e. The zero-order valence-electron chi connectivity index (χ0n) is 11.0. The van der Waals surface area contributed by atoms with Crippen molar-refractivity contribution in [1.82, 2.24) is 9.55 Å². The predicted octanol–water partition coefficient (Wildman–Crippen LogP) is 2.44. The van der Waals surface area contributed by atoms with Crippen molar-refractivity contribution >= 4 is 15.9 Å². The van der Waals surface area contributed by atoms with Crippen LogP contribution in [0.15, 0.2) is 9.27 Å². The van der Waals surface area contributed by atoms with Gasteiger partial charge >= 0.3 is 5.69 Å². The highest BCUT2D eigenvalue weighted by atomic mass is 79.9. The van der Waals surface area contributed by atoms with Crippen LogP contribution in [0.3, 0.4) is 0 Å². The normalized spacial score (nSPS) is 11.9. The highest BCUT2D eigenvalue weighted by Crippen LogP contribution is 2.16. The fourth-order valence-electron chi connectivity index (χ4n) is 1.48. The number of rotatable bonds is 3. The molecule has 4 nitrogen and oxygen atoms in total. The van der Waals surface area contributed by atoms with E-state index in [-0.39, 0.29) is 11.3 Å². The SMILES string of the molecule is Cc1nc(=O)n(CCOC(C)(C)C)c(C)c1Br. The molecule has 0 fully saturated rings. The lowest BCUT2D eigenvalue weighted by Crippen LogP contribution is -2.30. The quantitative estimate of drug-likeness (QED) is 0.861. The summed E-state index contributed by atoms with van der Waals surface area (Å²) >= 11 is 3.43. The highest BCUT2D eigenvalue weighted by Gasteiger charge is 2.12. The van der Waals surface area contributed by atoms with Gasteiger partial charge in [-0.05, 0) is 50.5 Å². The molecule has 0 saturated heterocycles. The van der Waals surface area contributed by atoms with Crippen LogP contribution in [0.1, 0.15) is 32.2 Å². The molecule has 17 heavy (non-hydrogen) atoms. The Morgan fingerprint density at radius 1 is 1.35 bits per heavy atom. The fraction of sp³-hybridized carbons (Fsp3) is 0.667. The Balaban J connectivity index is 2.86. The second-order valence-electron chi connectivity index (χ2n) is 4.99. The number of ether oxygens (including phenoxy) is 1. The van der Waals surface area contributed by atoms with Crippen molar-refractivity contribution in [2.75, 3.05) is 6.61 Å². The zero-order chi connectivity index (χ0) is 13.2. The number of halogens is 1. The number of hydrogen-bond acceptors (Lipinski definition) is 3. The van der Waals surface area contributed by atoms with Crippen molar-refractivity contribution in [2.24, 2.45) is 0 Å². The Morgan fingerprint density at radius 3 is 2.47 bits per heavy atom. The van der Waals surface area contributed by atoms with E-state index in [2.05, 4.69) is 20.9 Å². The van der Waals surface area contributed by atoms with E-state index in [1.165, 1.54) is 0 Å². The first-order chi connectivity index (χ1) is 7.72. The molecule has 0 bridgehead atoms. The van der Waals surface area contributed by atoms with E-state index in [9.17, 15) is 4.79 Å². The summed E-state index contributed by atoms with van der Waals surface area (Å²) < 4.78 is 8.12. The van der Waals surface area contributed by atoms with E-state index < -0.39 is 0 Å². The van der Waals surface area contributed by atoms with E-state index in [1.54, 1.807) is 4.57 Å². The summed E-state index contributed by atoms with van der Waals surface area (Å²) in [7, 11) is 0. The Labute approximate surface area is 110 Å². The molecule has 5 heteroatoms. The molecule has 0 saturated carbocycles. The van der Waals surface area contributed by atoms with Crippen LogP contribution in [0.5, 0.6) is 0 Å². The minimum atomic E-state index is -0.222. The third-order valence-corrected chi connectivity index (χ3v) is 3.53. The van der Waals surface area contributed by atoms with Crippen LogP contribution < -0.4 is 5.69 Å². The van der Waals surface area contributed by atoms with Gasteiger partial charge in [-0.3, -0.25) is 4.57 Å². The number of hydrogen-bond donors (Lipinski definition) is 0. The van der Waals surface area contributed by atoms with E-state index in [0.717, 1.165) is 15.9 Å².